The van der Waals surface area contributed by atoms with Crippen LogP contribution in [0.3, 0.4) is 0 Å². The van der Waals surface area contributed by atoms with Crippen molar-refractivity contribution in [1.29, 1.82) is 0 Å². The van der Waals surface area contributed by atoms with Crippen LogP contribution in [0.5, 0.6) is 0 Å². The van der Waals surface area contributed by atoms with Gasteiger partial charge in [0.15, 0.2) is 0 Å². The van der Waals surface area contributed by atoms with Crippen LogP contribution in [0, 0.1) is 23.7 Å². The molecule has 0 heterocycles. The number of hydrogen-bond acceptors (Lipinski definition) is 2. The third kappa shape index (κ3) is 1.09. The Hall–Kier alpha value is -0.0800. The summed E-state index contributed by atoms with van der Waals surface area (Å²) in [4.78, 5) is 0. The molecule has 2 aliphatic rings. The van der Waals surface area contributed by atoms with E-state index in [2.05, 4.69) is 0 Å². The molecule has 0 spiro atoms. The van der Waals surface area contributed by atoms with Crippen molar-refractivity contribution in [3.05, 3.63) is 0 Å². The van der Waals surface area contributed by atoms with Crippen LogP contribution in [0.2, 0.25) is 0 Å². The average molecular weight is 156 g/mol. The first-order chi connectivity index (χ1) is 5.35. The van der Waals surface area contributed by atoms with Crippen LogP contribution in [0.25, 0.3) is 0 Å². The van der Waals surface area contributed by atoms with Gasteiger partial charge in [-0.15, -0.1) is 0 Å². The zero-order valence-corrected chi connectivity index (χ0v) is 6.74. The Morgan fingerprint density at radius 3 is 1.55 bits per heavy atom. The summed E-state index contributed by atoms with van der Waals surface area (Å²) >= 11 is 0. The molecule has 2 fully saturated rings. The van der Waals surface area contributed by atoms with Gasteiger partial charge in [-0.3, -0.25) is 0 Å². The Kier molecular flexibility index (Phi) is 1.90. The third-order valence-corrected chi connectivity index (χ3v) is 3.62. The fraction of sp³-hybridized carbons (Fsp3) is 1.00. The van der Waals surface area contributed by atoms with Crippen LogP contribution in [0.15, 0.2) is 0 Å². The molecule has 2 nitrogen and oxygen atoms in total. The minimum absolute atomic E-state index is 0.360. The smallest absolute Gasteiger partial charge is 0.0462 e. The van der Waals surface area contributed by atoms with Gasteiger partial charge in [-0.2, -0.15) is 0 Å². The largest absolute Gasteiger partial charge is 0.396 e. The SMILES string of the molecule is OC[C@H]1C[C@@H]2C[C@H]1C[C@@H]2CO. The fourth-order valence-corrected chi connectivity index (χ4v) is 2.96. The molecule has 2 heteroatoms. The molecule has 0 radical (unpaired) electrons. The van der Waals surface area contributed by atoms with E-state index in [1.807, 2.05) is 0 Å². The Morgan fingerprint density at radius 2 is 1.27 bits per heavy atom. The quantitative estimate of drug-likeness (QED) is 0.615. The van der Waals surface area contributed by atoms with Crippen LogP contribution in [0.4, 0.5) is 0 Å². The topological polar surface area (TPSA) is 40.5 Å². The summed E-state index contributed by atoms with van der Waals surface area (Å²) in [5, 5.41) is 18.0. The van der Waals surface area contributed by atoms with E-state index in [0.29, 0.717) is 25.0 Å². The Balaban J connectivity index is 1.97. The molecular formula is C9H16O2. The number of aliphatic hydroxyl groups is 2. The summed E-state index contributed by atoms with van der Waals surface area (Å²) < 4.78 is 0. The van der Waals surface area contributed by atoms with Crippen molar-refractivity contribution in [2.75, 3.05) is 13.2 Å². The highest BCUT2D eigenvalue weighted by atomic mass is 16.3. The number of fused-ring (bicyclic) bond motifs is 2. The number of hydrogen-bond donors (Lipinski definition) is 2. The zero-order valence-electron chi connectivity index (χ0n) is 6.74. The molecule has 0 unspecified atom stereocenters. The van der Waals surface area contributed by atoms with E-state index >= 15 is 0 Å². The van der Waals surface area contributed by atoms with Gasteiger partial charge in [0.2, 0.25) is 0 Å². The second-order valence-corrected chi connectivity index (χ2v) is 4.11. The first kappa shape index (κ1) is 7.56. The van der Waals surface area contributed by atoms with Gasteiger partial charge in [-0.05, 0) is 42.9 Å². The predicted molar refractivity (Wildman–Crippen MR) is 42.0 cm³/mol. The monoisotopic (exact) mass is 156 g/mol. The molecule has 2 saturated carbocycles. The molecule has 2 rings (SSSR count). The highest BCUT2D eigenvalue weighted by molar-refractivity contribution is 4.94. The minimum Gasteiger partial charge on any atom is -0.396 e. The summed E-state index contributed by atoms with van der Waals surface area (Å²) in [6.07, 6.45) is 3.58. The van der Waals surface area contributed by atoms with Crippen molar-refractivity contribution in [1.82, 2.24) is 0 Å². The average Bonchev–Trinajstić information content (AvgIpc) is 2.60. The van der Waals surface area contributed by atoms with E-state index in [4.69, 9.17) is 10.2 Å². The second-order valence-electron chi connectivity index (χ2n) is 4.11. The molecule has 0 aromatic heterocycles. The zero-order chi connectivity index (χ0) is 7.84. The molecule has 64 valence electrons. The molecule has 11 heavy (non-hydrogen) atoms. The number of rotatable bonds is 2. The van der Waals surface area contributed by atoms with Gasteiger partial charge in [0, 0.05) is 13.2 Å². The highest BCUT2D eigenvalue weighted by Crippen LogP contribution is 2.51. The van der Waals surface area contributed by atoms with E-state index in [0.717, 1.165) is 24.7 Å². The van der Waals surface area contributed by atoms with Gasteiger partial charge in [-0.25, -0.2) is 0 Å². The Bertz CT molecular complexity index is 130. The van der Waals surface area contributed by atoms with Crippen molar-refractivity contribution >= 4 is 0 Å². The van der Waals surface area contributed by atoms with Gasteiger partial charge in [0.1, 0.15) is 0 Å². The molecular weight excluding hydrogens is 140 g/mol. The first-order valence-corrected chi connectivity index (χ1v) is 4.57. The second kappa shape index (κ2) is 2.76. The summed E-state index contributed by atoms with van der Waals surface area (Å²) in [6.45, 7) is 0.721. The highest BCUT2D eigenvalue weighted by Gasteiger charge is 2.44. The predicted octanol–water partition coefficient (Wildman–Crippen LogP) is 0.633. The minimum atomic E-state index is 0.360. The van der Waals surface area contributed by atoms with Crippen LogP contribution in [0.1, 0.15) is 19.3 Å². The lowest BCUT2D eigenvalue weighted by molar-refractivity contribution is 0.122. The van der Waals surface area contributed by atoms with Crippen LogP contribution >= 0.6 is 0 Å². The van der Waals surface area contributed by atoms with Crippen molar-refractivity contribution in [2.24, 2.45) is 23.7 Å². The fourth-order valence-electron chi connectivity index (χ4n) is 2.96. The van der Waals surface area contributed by atoms with E-state index < -0.39 is 0 Å². The molecule has 0 saturated heterocycles. The van der Waals surface area contributed by atoms with E-state index in [1.54, 1.807) is 0 Å². The van der Waals surface area contributed by atoms with Gasteiger partial charge in [0.05, 0.1) is 0 Å². The molecule has 0 aromatic rings. The van der Waals surface area contributed by atoms with Crippen molar-refractivity contribution in [3.8, 4) is 0 Å². The first-order valence-electron chi connectivity index (χ1n) is 4.57. The van der Waals surface area contributed by atoms with Crippen molar-refractivity contribution in [2.45, 2.75) is 19.3 Å². The molecule has 2 N–H and O–H groups in total. The maximum Gasteiger partial charge on any atom is 0.0462 e. The van der Waals surface area contributed by atoms with Crippen molar-refractivity contribution in [3.63, 3.8) is 0 Å². The maximum atomic E-state index is 8.98. The summed E-state index contributed by atoms with van der Waals surface area (Å²) in [5.74, 6) is 2.56. The molecule has 2 bridgehead atoms. The molecule has 0 aromatic carbocycles. The summed E-state index contributed by atoms with van der Waals surface area (Å²) in [5.41, 5.74) is 0. The van der Waals surface area contributed by atoms with Gasteiger partial charge in [0.25, 0.3) is 0 Å². The van der Waals surface area contributed by atoms with E-state index in [1.165, 1.54) is 6.42 Å². The lowest BCUT2D eigenvalue weighted by Gasteiger charge is -2.24. The normalized spacial score (nSPS) is 48.5. The molecule has 0 amide bonds. The van der Waals surface area contributed by atoms with Crippen LogP contribution < -0.4 is 0 Å². The van der Waals surface area contributed by atoms with E-state index in [9.17, 15) is 0 Å². The third-order valence-electron chi connectivity index (χ3n) is 3.62. The number of aliphatic hydroxyl groups excluding tert-OH is 2. The van der Waals surface area contributed by atoms with Crippen LogP contribution in [-0.4, -0.2) is 23.4 Å². The standard InChI is InChI=1S/C9H16O2/c10-4-8-2-6-1-7(8)3-9(6)5-11/h6-11H,1-5H2/t6-,7-,8+,9+/m0/s1. The molecule has 0 aliphatic heterocycles. The van der Waals surface area contributed by atoms with Crippen LogP contribution in [-0.2, 0) is 0 Å². The van der Waals surface area contributed by atoms with Crippen molar-refractivity contribution < 1.29 is 10.2 Å². The summed E-state index contributed by atoms with van der Waals surface area (Å²) in [7, 11) is 0. The van der Waals surface area contributed by atoms with E-state index in [-0.39, 0.29) is 0 Å². The summed E-state index contributed by atoms with van der Waals surface area (Å²) in [6, 6.07) is 0. The maximum absolute atomic E-state index is 8.98. The van der Waals surface area contributed by atoms with Gasteiger partial charge >= 0.3 is 0 Å². The Labute approximate surface area is 67.2 Å². The van der Waals surface area contributed by atoms with Gasteiger partial charge in [-0.1, -0.05) is 0 Å². The van der Waals surface area contributed by atoms with Gasteiger partial charge < -0.3 is 10.2 Å². The lowest BCUT2D eigenvalue weighted by atomic mass is 9.83. The molecule has 4 atom stereocenters. The lowest BCUT2D eigenvalue weighted by Crippen LogP contribution is -2.22. The Morgan fingerprint density at radius 1 is 0.818 bits per heavy atom. The molecule has 2 aliphatic carbocycles.